The molecule has 0 spiro atoms. The van der Waals surface area contributed by atoms with Crippen LogP contribution >= 0.6 is 0 Å². The lowest BCUT2D eigenvalue weighted by Gasteiger charge is -2.07. The van der Waals surface area contributed by atoms with Crippen LogP contribution in [0, 0.1) is 0 Å². The second-order valence-electron chi connectivity index (χ2n) is 6.34. The van der Waals surface area contributed by atoms with Crippen molar-refractivity contribution in [2.45, 2.75) is 6.42 Å². The molecule has 0 atom stereocenters. The van der Waals surface area contributed by atoms with Crippen LogP contribution in [0.15, 0.2) is 84.0 Å². The van der Waals surface area contributed by atoms with E-state index < -0.39 is 0 Å². The van der Waals surface area contributed by atoms with Gasteiger partial charge in [-0.25, -0.2) is 4.98 Å². The lowest BCUT2D eigenvalue weighted by Crippen LogP contribution is -2.15. The number of benzene rings is 1. The molecule has 29 heavy (non-hydrogen) atoms. The van der Waals surface area contributed by atoms with Gasteiger partial charge in [0, 0.05) is 47.2 Å². The second kappa shape index (κ2) is 8.26. The van der Waals surface area contributed by atoms with E-state index in [1.807, 2.05) is 12.1 Å². The van der Waals surface area contributed by atoms with E-state index in [1.54, 1.807) is 61.1 Å². The summed E-state index contributed by atoms with van der Waals surface area (Å²) >= 11 is 0. The van der Waals surface area contributed by atoms with Gasteiger partial charge in [0.25, 0.3) is 5.56 Å². The molecule has 0 aliphatic heterocycles. The standard InChI is InChI=1S/C22H17N5O2/c28-20(13-18-3-1-2-10-24-18)25-17-6-4-16(5-7-17)22-26-19(14-21(29)27-22)15-8-11-23-12-9-15/h1-12,14H,13H2,(H,25,28)(H,26,27,29). The normalized spacial score (nSPS) is 10.5. The molecular weight excluding hydrogens is 366 g/mol. The van der Waals surface area contributed by atoms with Crippen molar-refractivity contribution in [3.05, 3.63) is 95.3 Å². The second-order valence-corrected chi connectivity index (χ2v) is 6.34. The van der Waals surface area contributed by atoms with E-state index >= 15 is 0 Å². The molecule has 7 heteroatoms. The summed E-state index contributed by atoms with van der Waals surface area (Å²) in [6, 6.07) is 17.6. The monoisotopic (exact) mass is 383 g/mol. The lowest BCUT2D eigenvalue weighted by atomic mass is 10.1. The molecule has 0 radical (unpaired) electrons. The highest BCUT2D eigenvalue weighted by Crippen LogP contribution is 2.20. The quantitative estimate of drug-likeness (QED) is 0.552. The van der Waals surface area contributed by atoms with Gasteiger partial charge >= 0.3 is 0 Å². The van der Waals surface area contributed by atoms with E-state index in [1.165, 1.54) is 6.07 Å². The minimum Gasteiger partial charge on any atom is -0.326 e. The van der Waals surface area contributed by atoms with Crippen LogP contribution in [-0.2, 0) is 11.2 Å². The van der Waals surface area contributed by atoms with Crippen LogP contribution in [0.2, 0.25) is 0 Å². The number of carbonyl (C=O) groups is 1. The molecule has 7 nitrogen and oxygen atoms in total. The largest absolute Gasteiger partial charge is 0.326 e. The third-order valence-electron chi connectivity index (χ3n) is 4.23. The Morgan fingerprint density at radius 2 is 1.72 bits per heavy atom. The van der Waals surface area contributed by atoms with Crippen molar-refractivity contribution in [1.29, 1.82) is 0 Å². The summed E-state index contributed by atoms with van der Waals surface area (Å²) in [5.41, 5.74) is 3.23. The van der Waals surface area contributed by atoms with Gasteiger partial charge in [-0.05, 0) is 48.5 Å². The first-order chi connectivity index (χ1) is 14.2. The summed E-state index contributed by atoms with van der Waals surface area (Å²) in [7, 11) is 0. The smallest absolute Gasteiger partial charge is 0.251 e. The molecule has 0 saturated carbocycles. The third kappa shape index (κ3) is 4.59. The molecule has 0 bridgehead atoms. The number of nitrogens with one attached hydrogen (secondary N) is 2. The first-order valence-electron chi connectivity index (χ1n) is 8.99. The Morgan fingerprint density at radius 1 is 0.931 bits per heavy atom. The number of anilines is 1. The Labute approximate surface area is 166 Å². The van der Waals surface area contributed by atoms with E-state index in [9.17, 15) is 9.59 Å². The number of aromatic amines is 1. The molecule has 2 N–H and O–H groups in total. The van der Waals surface area contributed by atoms with Crippen molar-refractivity contribution in [2.24, 2.45) is 0 Å². The van der Waals surface area contributed by atoms with Crippen molar-refractivity contribution in [2.75, 3.05) is 5.32 Å². The summed E-state index contributed by atoms with van der Waals surface area (Å²) < 4.78 is 0. The zero-order valence-corrected chi connectivity index (χ0v) is 15.4. The average Bonchev–Trinajstić information content (AvgIpc) is 2.75. The Hall–Kier alpha value is -4.13. The average molecular weight is 383 g/mol. The number of pyridine rings is 2. The highest BCUT2D eigenvalue weighted by molar-refractivity contribution is 5.92. The first kappa shape index (κ1) is 18.2. The highest BCUT2D eigenvalue weighted by Gasteiger charge is 2.08. The number of hydrogen-bond donors (Lipinski definition) is 2. The zero-order chi connectivity index (χ0) is 20.1. The van der Waals surface area contributed by atoms with E-state index in [0.29, 0.717) is 22.9 Å². The number of aromatic nitrogens is 4. The molecule has 0 aliphatic rings. The van der Waals surface area contributed by atoms with Gasteiger partial charge in [0.15, 0.2) is 0 Å². The SMILES string of the molecule is O=C(Cc1ccccn1)Nc1ccc(-c2nc(-c3ccncc3)cc(=O)[nH]2)cc1. The molecule has 3 aromatic heterocycles. The molecular formula is C22H17N5O2. The van der Waals surface area contributed by atoms with Crippen LogP contribution in [0.4, 0.5) is 5.69 Å². The van der Waals surface area contributed by atoms with Crippen molar-refractivity contribution < 1.29 is 4.79 Å². The van der Waals surface area contributed by atoms with Crippen LogP contribution in [-0.4, -0.2) is 25.8 Å². The van der Waals surface area contributed by atoms with Crippen LogP contribution in [0.5, 0.6) is 0 Å². The van der Waals surface area contributed by atoms with Gasteiger partial charge < -0.3 is 10.3 Å². The van der Waals surface area contributed by atoms with Crippen molar-refractivity contribution in [3.63, 3.8) is 0 Å². The summed E-state index contributed by atoms with van der Waals surface area (Å²) in [4.78, 5) is 39.7. The van der Waals surface area contributed by atoms with E-state index in [-0.39, 0.29) is 17.9 Å². The van der Waals surface area contributed by atoms with Crippen LogP contribution in [0.3, 0.4) is 0 Å². The van der Waals surface area contributed by atoms with Gasteiger partial charge in [0.1, 0.15) is 5.82 Å². The summed E-state index contributed by atoms with van der Waals surface area (Å²) in [5.74, 6) is 0.304. The molecule has 0 aliphatic carbocycles. The highest BCUT2D eigenvalue weighted by atomic mass is 16.1. The Kier molecular flexibility index (Phi) is 5.20. The molecule has 1 aromatic carbocycles. The van der Waals surface area contributed by atoms with E-state index in [2.05, 4.69) is 25.3 Å². The summed E-state index contributed by atoms with van der Waals surface area (Å²) in [6.07, 6.45) is 5.16. The van der Waals surface area contributed by atoms with Gasteiger partial charge in [-0.3, -0.25) is 19.6 Å². The number of H-pyrrole nitrogens is 1. The number of hydrogen-bond acceptors (Lipinski definition) is 5. The molecule has 0 saturated heterocycles. The number of carbonyl (C=O) groups excluding carboxylic acids is 1. The molecule has 4 rings (SSSR count). The molecule has 0 fully saturated rings. The minimum atomic E-state index is -0.241. The molecule has 142 valence electrons. The fourth-order valence-corrected chi connectivity index (χ4v) is 2.85. The minimum absolute atomic E-state index is 0.150. The fourth-order valence-electron chi connectivity index (χ4n) is 2.85. The predicted octanol–water partition coefficient (Wildman–Crippen LogP) is 3.08. The number of rotatable bonds is 5. The van der Waals surface area contributed by atoms with Crippen molar-refractivity contribution in [3.8, 4) is 22.6 Å². The van der Waals surface area contributed by atoms with Gasteiger partial charge in [-0.1, -0.05) is 6.07 Å². The Balaban J connectivity index is 1.51. The van der Waals surface area contributed by atoms with Crippen molar-refractivity contribution >= 4 is 11.6 Å². The molecule has 3 heterocycles. The zero-order valence-electron chi connectivity index (χ0n) is 15.4. The van der Waals surface area contributed by atoms with E-state index in [0.717, 1.165) is 11.1 Å². The predicted molar refractivity (Wildman–Crippen MR) is 110 cm³/mol. The lowest BCUT2D eigenvalue weighted by molar-refractivity contribution is -0.115. The van der Waals surface area contributed by atoms with E-state index in [4.69, 9.17) is 0 Å². The van der Waals surface area contributed by atoms with Gasteiger partial charge in [-0.15, -0.1) is 0 Å². The van der Waals surface area contributed by atoms with Crippen LogP contribution < -0.4 is 10.9 Å². The van der Waals surface area contributed by atoms with Gasteiger partial charge in [-0.2, -0.15) is 0 Å². The maximum absolute atomic E-state index is 12.2. The van der Waals surface area contributed by atoms with Crippen LogP contribution in [0.1, 0.15) is 5.69 Å². The number of amides is 1. The summed E-state index contributed by atoms with van der Waals surface area (Å²) in [6.45, 7) is 0. The van der Waals surface area contributed by atoms with Gasteiger partial charge in [0.2, 0.25) is 5.91 Å². The number of nitrogens with zero attached hydrogens (tertiary/aromatic N) is 3. The maximum Gasteiger partial charge on any atom is 0.251 e. The first-order valence-corrected chi connectivity index (χ1v) is 8.99. The van der Waals surface area contributed by atoms with Gasteiger partial charge in [0.05, 0.1) is 12.1 Å². The van der Waals surface area contributed by atoms with Crippen molar-refractivity contribution in [1.82, 2.24) is 19.9 Å². The molecule has 1 amide bonds. The third-order valence-corrected chi connectivity index (χ3v) is 4.23. The van der Waals surface area contributed by atoms with Crippen LogP contribution in [0.25, 0.3) is 22.6 Å². The topological polar surface area (TPSA) is 101 Å². The summed E-state index contributed by atoms with van der Waals surface area (Å²) in [5, 5.41) is 2.84. The Morgan fingerprint density at radius 3 is 2.45 bits per heavy atom. The maximum atomic E-state index is 12.2. The molecule has 0 unspecified atom stereocenters. The fraction of sp³-hybridized carbons (Fsp3) is 0.0455. The molecule has 4 aromatic rings. The Bertz CT molecular complexity index is 1170.